The second kappa shape index (κ2) is 5.10. The van der Waals surface area contributed by atoms with Gasteiger partial charge >= 0.3 is 0 Å². The summed E-state index contributed by atoms with van der Waals surface area (Å²) in [6, 6.07) is 3.10. The van der Waals surface area contributed by atoms with E-state index in [1.807, 2.05) is 0 Å². The van der Waals surface area contributed by atoms with E-state index in [2.05, 4.69) is 36.0 Å². The molecule has 1 N–H and O–H groups in total. The van der Waals surface area contributed by atoms with Crippen molar-refractivity contribution < 1.29 is 0 Å². The molecule has 3 saturated heterocycles. The van der Waals surface area contributed by atoms with Crippen LogP contribution in [0.5, 0.6) is 0 Å². The third-order valence-corrected chi connectivity index (χ3v) is 5.64. The first kappa shape index (κ1) is 12.9. The summed E-state index contributed by atoms with van der Waals surface area (Å²) in [5, 5.41) is 4.02. The van der Waals surface area contributed by atoms with E-state index in [4.69, 9.17) is 0 Å². The van der Waals surface area contributed by atoms with Gasteiger partial charge in [0, 0.05) is 37.3 Å². The first-order valence-corrected chi connectivity index (χ1v) is 7.85. The van der Waals surface area contributed by atoms with Crippen molar-refractivity contribution in [1.82, 2.24) is 15.1 Å². The van der Waals surface area contributed by atoms with Crippen LogP contribution < -0.4 is 5.32 Å². The number of rotatable bonds is 2. The summed E-state index contributed by atoms with van der Waals surface area (Å²) in [5.74, 6) is 0.793. The van der Waals surface area contributed by atoms with E-state index in [-0.39, 0.29) is 0 Å². The summed E-state index contributed by atoms with van der Waals surface area (Å²) in [4.78, 5) is 5.22. The van der Waals surface area contributed by atoms with E-state index in [0.717, 1.165) is 30.1 Å². The van der Waals surface area contributed by atoms with Gasteiger partial charge in [0.1, 0.15) is 0 Å². The standard InChI is InChI=1S/C15H29N3/c1-11-10-17(3)12(2)9-14(11)16-13-6-8-18-7-4-5-15(13)18/h11-16H,4-10H2,1-3H3. The van der Waals surface area contributed by atoms with Gasteiger partial charge in [0.05, 0.1) is 0 Å². The van der Waals surface area contributed by atoms with Crippen molar-refractivity contribution in [3.63, 3.8) is 0 Å². The largest absolute Gasteiger partial charge is 0.309 e. The molecule has 3 aliphatic heterocycles. The summed E-state index contributed by atoms with van der Waals surface area (Å²) < 4.78 is 0. The number of hydrogen-bond donors (Lipinski definition) is 1. The molecule has 3 heterocycles. The molecule has 0 radical (unpaired) electrons. The molecule has 104 valence electrons. The Labute approximate surface area is 112 Å². The summed E-state index contributed by atoms with van der Waals surface area (Å²) >= 11 is 0. The molecular formula is C15H29N3. The zero-order chi connectivity index (χ0) is 12.7. The van der Waals surface area contributed by atoms with Crippen molar-refractivity contribution in [3.05, 3.63) is 0 Å². The molecule has 3 fully saturated rings. The van der Waals surface area contributed by atoms with Crippen molar-refractivity contribution in [2.75, 3.05) is 26.7 Å². The van der Waals surface area contributed by atoms with Gasteiger partial charge in [0.25, 0.3) is 0 Å². The van der Waals surface area contributed by atoms with Crippen LogP contribution in [0.25, 0.3) is 0 Å². The van der Waals surface area contributed by atoms with Gasteiger partial charge in [-0.2, -0.15) is 0 Å². The lowest BCUT2D eigenvalue weighted by Gasteiger charge is -2.41. The Morgan fingerprint density at radius 1 is 1.06 bits per heavy atom. The molecule has 0 amide bonds. The molecule has 0 spiro atoms. The summed E-state index contributed by atoms with van der Waals surface area (Å²) in [7, 11) is 2.27. The van der Waals surface area contributed by atoms with Crippen molar-refractivity contribution in [2.24, 2.45) is 5.92 Å². The average molecular weight is 251 g/mol. The van der Waals surface area contributed by atoms with Crippen molar-refractivity contribution >= 4 is 0 Å². The maximum atomic E-state index is 4.02. The topological polar surface area (TPSA) is 18.5 Å². The zero-order valence-electron chi connectivity index (χ0n) is 12.2. The second-order valence-corrected chi connectivity index (χ2v) is 6.92. The molecule has 5 unspecified atom stereocenters. The summed E-state index contributed by atoms with van der Waals surface area (Å²) in [6.07, 6.45) is 5.54. The molecule has 0 aliphatic carbocycles. The van der Waals surface area contributed by atoms with Gasteiger partial charge < -0.3 is 10.2 Å². The fraction of sp³-hybridized carbons (Fsp3) is 1.00. The van der Waals surface area contributed by atoms with E-state index in [0.29, 0.717) is 0 Å². The van der Waals surface area contributed by atoms with E-state index >= 15 is 0 Å². The highest BCUT2D eigenvalue weighted by atomic mass is 15.2. The van der Waals surface area contributed by atoms with Crippen LogP contribution in [-0.4, -0.2) is 60.6 Å². The maximum absolute atomic E-state index is 4.02. The Morgan fingerprint density at radius 2 is 1.89 bits per heavy atom. The van der Waals surface area contributed by atoms with Crippen LogP contribution in [0.15, 0.2) is 0 Å². The first-order chi connectivity index (χ1) is 8.65. The number of nitrogens with zero attached hydrogens (tertiary/aromatic N) is 2. The number of nitrogens with one attached hydrogen (secondary N) is 1. The second-order valence-electron chi connectivity index (χ2n) is 6.92. The first-order valence-electron chi connectivity index (χ1n) is 7.85. The molecule has 0 bridgehead atoms. The molecule has 0 aromatic carbocycles. The summed E-state index contributed by atoms with van der Waals surface area (Å²) in [5.41, 5.74) is 0. The molecule has 3 aliphatic rings. The minimum absolute atomic E-state index is 0.736. The van der Waals surface area contributed by atoms with E-state index in [1.54, 1.807) is 0 Å². The van der Waals surface area contributed by atoms with Crippen LogP contribution in [-0.2, 0) is 0 Å². The number of hydrogen-bond acceptors (Lipinski definition) is 3. The Bertz CT molecular complexity index is 293. The van der Waals surface area contributed by atoms with Gasteiger partial charge in [-0.3, -0.25) is 4.90 Å². The summed E-state index contributed by atoms with van der Waals surface area (Å²) in [6.45, 7) is 8.72. The molecule has 0 saturated carbocycles. The van der Waals surface area contributed by atoms with Crippen molar-refractivity contribution in [2.45, 2.75) is 63.7 Å². The molecule has 0 aromatic rings. The lowest BCUT2D eigenvalue weighted by molar-refractivity contribution is 0.112. The van der Waals surface area contributed by atoms with Gasteiger partial charge in [-0.05, 0) is 52.1 Å². The van der Waals surface area contributed by atoms with Crippen LogP contribution in [0, 0.1) is 5.92 Å². The molecule has 3 heteroatoms. The van der Waals surface area contributed by atoms with Gasteiger partial charge in [0.2, 0.25) is 0 Å². The maximum Gasteiger partial charge on any atom is 0.0250 e. The monoisotopic (exact) mass is 251 g/mol. The highest BCUT2D eigenvalue weighted by Gasteiger charge is 2.39. The minimum Gasteiger partial charge on any atom is -0.309 e. The van der Waals surface area contributed by atoms with E-state index in [1.165, 1.54) is 45.3 Å². The molecule has 5 atom stereocenters. The van der Waals surface area contributed by atoms with Gasteiger partial charge in [-0.25, -0.2) is 0 Å². The smallest absolute Gasteiger partial charge is 0.0250 e. The van der Waals surface area contributed by atoms with Crippen LogP contribution in [0.4, 0.5) is 0 Å². The highest BCUT2D eigenvalue weighted by Crippen LogP contribution is 2.30. The van der Waals surface area contributed by atoms with Crippen molar-refractivity contribution in [1.29, 1.82) is 0 Å². The molecule has 18 heavy (non-hydrogen) atoms. The van der Waals surface area contributed by atoms with E-state index < -0.39 is 0 Å². The van der Waals surface area contributed by atoms with Crippen LogP contribution in [0.2, 0.25) is 0 Å². The fourth-order valence-electron chi connectivity index (χ4n) is 4.33. The van der Waals surface area contributed by atoms with Crippen LogP contribution in [0.1, 0.15) is 39.5 Å². The average Bonchev–Trinajstić information content (AvgIpc) is 2.90. The third-order valence-electron chi connectivity index (χ3n) is 5.64. The van der Waals surface area contributed by atoms with Crippen LogP contribution in [0.3, 0.4) is 0 Å². The number of likely N-dealkylation sites (tertiary alicyclic amines) is 1. The van der Waals surface area contributed by atoms with Gasteiger partial charge in [-0.15, -0.1) is 0 Å². The molecule has 3 nitrogen and oxygen atoms in total. The lowest BCUT2D eigenvalue weighted by Crippen LogP contribution is -2.55. The fourth-order valence-corrected chi connectivity index (χ4v) is 4.33. The quantitative estimate of drug-likeness (QED) is 0.803. The van der Waals surface area contributed by atoms with Crippen molar-refractivity contribution in [3.8, 4) is 0 Å². The van der Waals surface area contributed by atoms with Crippen LogP contribution >= 0.6 is 0 Å². The lowest BCUT2D eigenvalue weighted by atomic mass is 9.88. The highest BCUT2D eigenvalue weighted by molar-refractivity contribution is 4.98. The molecule has 0 aromatic heterocycles. The van der Waals surface area contributed by atoms with Gasteiger partial charge in [0.15, 0.2) is 0 Å². The number of piperidine rings is 1. The van der Waals surface area contributed by atoms with Gasteiger partial charge in [-0.1, -0.05) is 6.92 Å². The predicted octanol–water partition coefficient (Wildman–Crippen LogP) is 1.54. The number of fused-ring (bicyclic) bond motifs is 1. The normalized spacial score (nSPS) is 46.5. The molecule has 3 rings (SSSR count). The predicted molar refractivity (Wildman–Crippen MR) is 75.8 cm³/mol. The Hall–Kier alpha value is -0.120. The third kappa shape index (κ3) is 2.33. The molecular weight excluding hydrogens is 222 g/mol. The Kier molecular flexibility index (Phi) is 3.65. The van der Waals surface area contributed by atoms with E-state index in [9.17, 15) is 0 Å². The zero-order valence-corrected chi connectivity index (χ0v) is 12.2. The Morgan fingerprint density at radius 3 is 2.72 bits per heavy atom. The minimum atomic E-state index is 0.736. The Balaban J connectivity index is 1.59. The SMILES string of the molecule is CC1CN(C)C(C)CC1NC1CCN2CCCC12.